The molecule has 0 spiro atoms. The molecule has 2 heteroatoms. The van der Waals surface area contributed by atoms with Gasteiger partial charge in [0.2, 0.25) is 0 Å². The first kappa shape index (κ1) is 12.3. The molecular weight excluding hydrogens is 210 g/mol. The summed E-state index contributed by atoms with van der Waals surface area (Å²) in [6, 6.07) is 7.69. The average molecular weight is 233 g/mol. The van der Waals surface area contributed by atoms with Crippen molar-refractivity contribution in [2.75, 3.05) is 12.3 Å². The fourth-order valence-electron chi connectivity index (χ4n) is 2.77. The Morgan fingerprint density at radius 1 is 1.35 bits per heavy atom. The predicted octanol–water partition coefficient (Wildman–Crippen LogP) is 3.86. The van der Waals surface area contributed by atoms with Crippen LogP contribution in [0.25, 0.3) is 0 Å². The van der Waals surface area contributed by atoms with Gasteiger partial charge in [0, 0.05) is 11.8 Å². The van der Waals surface area contributed by atoms with Crippen LogP contribution in [0.3, 0.4) is 0 Å². The second kappa shape index (κ2) is 5.95. The lowest BCUT2D eigenvalue weighted by Gasteiger charge is -2.26. The maximum Gasteiger partial charge on any atom is 0.121 e. The van der Waals surface area contributed by atoms with Crippen molar-refractivity contribution >= 4 is 5.69 Å². The topological polar surface area (TPSA) is 35.2 Å². The van der Waals surface area contributed by atoms with Gasteiger partial charge >= 0.3 is 0 Å². The minimum absolute atomic E-state index is 0.772. The molecule has 94 valence electrons. The number of hydrogen-bond acceptors (Lipinski definition) is 2. The van der Waals surface area contributed by atoms with Crippen LogP contribution in [0.5, 0.6) is 5.75 Å². The maximum atomic E-state index is 5.74. The Balaban J connectivity index is 1.72. The zero-order chi connectivity index (χ0) is 12.1. The lowest BCUT2D eigenvalue weighted by molar-refractivity contribution is 0.218. The maximum absolute atomic E-state index is 5.74. The van der Waals surface area contributed by atoms with Crippen LogP contribution in [0.2, 0.25) is 0 Å². The van der Waals surface area contributed by atoms with Crippen molar-refractivity contribution in [3.63, 3.8) is 0 Å². The van der Waals surface area contributed by atoms with Gasteiger partial charge in [0.15, 0.2) is 0 Å². The molecule has 0 radical (unpaired) electrons. The zero-order valence-electron chi connectivity index (χ0n) is 10.7. The Kier molecular flexibility index (Phi) is 4.29. The quantitative estimate of drug-likeness (QED) is 0.801. The van der Waals surface area contributed by atoms with Crippen molar-refractivity contribution < 1.29 is 4.74 Å². The highest BCUT2D eigenvalue weighted by molar-refractivity contribution is 5.43. The fraction of sp³-hybridized carbons (Fsp3) is 0.600. The second-order valence-corrected chi connectivity index (χ2v) is 5.35. The van der Waals surface area contributed by atoms with E-state index in [9.17, 15) is 0 Å². The summed E-state index contributed by atoms with van der Waals surface area (Å²) < 4.78 is 5.74. The fourth-order valence-corrected chi connectivity index (χ4v) is 2.77. The summed E-state index contributed by atoms with van der Waals surface area (Å²) >= 11 is 0. The first-order valence-electron chi connectivity index (χ1n) is 6.72. The number of nitrogen functional groups attached to an aromatic ring is 1. The normalized spacial score (nSPS) is 24.5. The third-order valence-corrected chi connectivity index (χ3v) is 3.70. The highest BCUT2D eigenvalue weighted by Gasteiger charge is 2.18. The molecule has 2 nitrogen and oxygen atoms in total. The number of anilines is 1. The van der Waals surface area contributed by atoms with Gasteiger partial charge in [0.1, 0.15) is 5.75 Å². The molecular formula is C15H23NO. The molecule has 0 aliphatic heterocycles. The third-order valence-electron chi connectivity index (χ3n) is 3.70. The van der Waals surface area contributed by atoms with Crippen LogP contribution in [0.15, 0.2) is 24.3 Å². The van der Waals surface area contributed by atoms with E-state index in [1.54, 1.807) is 0 Å². The Labute approximate surface area is 104 Å². The Morgan fingerprint density at radius 3 is 3.00 bits per heavy atom. The molecule has 1 fully saturated rings. The van der Waals surface area contributed by atoms with E-state index < -0.39 is 0 Å². The van der Waals surface area contributed by atoms with Gasteiger partial charge in [-0.25, -0.2) is 0 Å². The van der Waals surface area contributed by atoms with Gasteiger partial charge in [-0.05, 0) is 36.8 Å². The average Bonchev–Trinajstić information content (AvgIpc) is 2.29. The van der Waals surface area contributed by atoms with Gasteiger partial charge < -0.3 is 10.5 Å². The molecule has 1 aliphatic rings. The SMILES string of the molecule is CC1CCCC(CCOc2cccc(N)c2)C1. The molecule has 2 atom stereocenters. The summed E-state index contributed by atoms with van der Waals surface area (Å²) in [6.07, 6.45) is 6.74. The van der Waals surface area contributed by atoms with Gasteiger partial charge in [0.05, 0.1) is 6.61 Å². The minimum Gasteiger partial charge on any atom is -0.494 e. The van der Waals surface area contributed by atoms with Crippen LogP contribution in [0.1, 0.15) is 39.0 Å². The largest absolute Gasteiger partial charge is 0.494 e. The van der Waals surface area contributed by atoms with Crippen molar-refractivity contribution in [1.82, 2.24) is 0 Å². The third kappa shape index (κ3) is 3.95. The van der Waals surface area contributed by atoms with Crippen LogP contribution in [0, 0.1) is 11.8 Å². The molecule has 1 aliphatic carbocycles. The highest BCUT2D eigenvalue weighted by Crippen LogP contribution is 2.30. The Morgan fingerprint density at radius 2 is 2.24 bits per heavy atom. The molecule has 0 amide bonds. The lowest BCUT2D eigenvalue weighted by Crippen LogP contribution is -2.15. The van der Waals surface area contributed by atoms with Crippen LogP contribution in [-0.4, -0.2) is 6.61 Å². The monoisotopic (exact) mass is 233 g/mol. The number of hydrogen-bond donors (Lipinski definition) is 1. The molecule has 1 aromatic carbocycles. The molecule has 17 heavy (non-hydrogen) atoms. The standard InChI is InChI=1S/C15H23NO/c1-12-4-2-5-13(10-12)8-9-17-15-7-3-6-14(16)11-15/h3,6-7,11-13H,2,4-5,8-10,16H2,1H3. The molecule has 1 aromatic rings. The molecule has 0 heterocycles. The van der Waals surface area contributed by atoms with E-state index in [1.807, 2.05) is 24.3 Å². The van der Waals surface area contributed by atoms with E-state index >= 15 is 0 Å². The van der Waals surface area contributed by atoms with Crippen molar-refractivity contribution in [2.45, 2.75) is 39.0 Å². The summed E-state index contributed by atoms with van der Waals surface area (Å²) in [7, 11) is 0. The summed E-state index contributed by atoms with van der Waals surface area (Å²) in [6.45, 7) is 3.19. The van der Waals surface area contributed by atoms with Crippen molar-refractivity contribution in [3.05, 3.63) is 24.3 Å². The Hall–Kier alpha value is -1.18. The number of rotatable bonds is 4. The molecule has 0 bridgehead atoms. The van der Waals surface area contributed by atoms with Crippen molar-refractivity contribution in [1.29, 1.82) is 0 Å². The van der Waals surface area contributed by atoms with Gasteiger partial charge in [-0.2, -0.15) is 0 Å². The first-order chi connectivity index (χ1) is 8.24. The van der Waals surface area contributed by atoms with Crippen LogP contribution in [0.4, 0.5) is 5.69 Å². The van der Waals surface area contributed by atoms with Crippen LogP contribution >= 0.6 is 0 Å². The molecule has 1 saturated carbocycles. The summed E-state index contributed by atoms with van der Waals surface area (Å²) in [5, 5.41) is 0. The van der Waals surface area contributed by atoms with Gasteiger partial charge in [-0.3, -0.25) is 0 Å². The predicted molar refractivity (Wildman–Crippen MR) is 72.1 cm³/mol. The number of benzene rings is 1. The van der Waals surface area contributed by atoms with Gasteiger partial charge in [-0.1, -0.05) is 32.3 Å². The smallest absolute Gasteiger partial charge is 0.121 e. The molecule has 0 saturated heterocycles. The van der Waals surface area contributed by atoms with Crippen molar-refractivity contribution in [3.8, 4) is 5.75 Å². The Bertz CT molecular complexity index is 351. The van der Waals surface area contributed by atoms with E-state index in [1.165, 1.54) is 32.1 Å². The molecule has 2 rings (SSSR count). The molecule has 2 N–H and O–H groups in total. The summed E-state index contributed by atoms with van der Waals surface area (Å²) in [4.78, 5) is 0. The summed E-state index contributed by atoms with van der Waals surface area (Å²) in [5.74, 6) is 2.66. The summed E-state index contributed by atoms with van der Waals surface area (Å²) in [5.41, 5.74) is 6.48. The van der Waals surface area contributed by atoms with Gasteiger partial charge in [0.25, 0.3) is 0 Å². The van der Waals surface area contributed by atoms with E-state index in [4.69, 9.17) is 10.5 Å². The number of ether oxygens (including phenoxy) is 1. The zero-order valence-corrected chi connectivity index (χ0v) is 10.7. The molecule has 0 aromatic heterocycles. The second-order valence-electron chi connectivity index (χ2n) is 5.35. The minimum atomic E-state index is 0.772. The number of nitrogens with two attached hydrogens (primary N) is 1. The van der Waals surface area contributed by atoms with Gasteiger partial charge in [-0.15, -0.1) is 0 Å². The van der Waals surface area contributed by atoms with Crippen LogP contribution in [-0.2, 0) is 0 Å². The van der Waals surface area contributed by atoms with Crippen molar-refractivity contribution in [2.24, 2.45) is 11.8 Å². The van der Waals surface area contributed by atoms with E-state index in [2.05, 4.69) is 6.92 Å². The first-order valence-corrected chi connectivity index (χ1v) is 6.72. The highest BCUT2D eigenvalue weighted by atomic mass is 16.5. The lowest BCUT2D eigenvalue weighted by atomic mass is 9.81. The van der Waals surface area contributed by atoms with Crippen LogP contribution < -0.4 is 10.5 Å². The van der Waals surface area contributed by atoms with E-state index in [0.29, 0.717) is 0 Å². The van der Waals surface area contributed by atoms with E-state index in [-0.39, 0.29) is 0 Å². The van der Waals surface area contributed by atoms with E-state index in [0.717, 1.165) is 29.9 Å². The molecule has 2 unspecified atom stereocenters.